The van der Waals surface area contributed by atoms with E-state index in [1.807, 2.05) is 30.5 Å². The molecule has 1 heterocycles. The third-order valence-electron chi connectivity index (χ3n) is 5.25. The molecule has 31 heavy (non-hydrogen) atoms. The summed E-state index contributed by atoms with van der Waals surface area (Å²) in [5, 5.41) is 4.04. The molecule has 0 saturated heterocycles. The van der Waals surface area contributed by atoms with Crippen LogP contribution < -0.4 is 9.62 Å². The number of rotatable bonds is 7. The fourth-order valence-corrected chi connectivity index (χ4v) is 4.66. The van der Waals surface area contributed by atoms with Crippen LogP contribution in [0.1, 0.15) is 15.9 Å². The molecule has 0 unspecified atom stereocenters. The number of carbonyl (C=O) groups is 1. The first kappa shape index (κ1) is 20.7. The molecule has 1 amide bonds. The standard InChI is InChI=1S/C24H23N3O3S/c1-27(20-7-3-2-4-8-20)31(29,30)21-13-11-18(12-14-21)24(28)25-16-15-19-17-26-23-10-6-5-9-22(19)23/h2-14,17,26H,15-16H2,1H3,(H,25,28). The van der Waals surface area contributed by atoms with Crippen LogP contribution in [0.2, 0.25) is 0 Å². The first-order valence-electron chi connectivity index (χ1n) is 9.94. The zero-order valence-corrected chi connectivity index (χ0v) is 17.9. The smallest absolute Gasteiger partial charge is 0.264 e. The third-order valence-corrected chi connectivity index (χ3v) is 7.05. The molecule has 0 radical (unpaired) electrons. The Labute approximate surface area is 181 Å². The maximum absolute atomic E-state index is 12.8. The summed E-state index contributed by atoms with van der Waals surface area (Å²) in [5.74, 6) is -0.236. The van der Waals surface area contributed by atoms with E-state index in [4.69, 9.17) is 0 Å². The van der Waals surface area contributed by atoms with Gasteiger partial charge in [0.15, 0.2) is 0 Å². The van der Waals surface area contributed by atoms with Crippen LogP contribution in [0.4, 0.5) is 5.69 Å². The van der Waals surface area contributed by atoms with E-state index in [9.17, 15) is 13.2 Å². The third kappa shape index (κ3) is 4.32. The summed E-state index contributed by atoms with van der Waals surface area (Å²) in [6, 6.07) is 22.9. The van der Waals surface area contributed by atoms with Gasteiger partial charge < -0.3 is 10.3 Å². The number of carbonyl (C=O) groups excluding carboxylic acids is 1. The molecule has 0 saturated carbocycles. The van der Waals surface area contributed by atoms with Crippen LogP contribution >= 0.6 is 0 Å². The Morgan fingerprint density at radius 3 is 2.35 bits per heavy atom. The van der Waals surface area contributed by atoms with Crippen molar-refractivity contribution in [2.75, 3.05) is 17.9 Å². The van der Waals surface area contributed by atoms with Gasteiger partial charge in [0.25, 0.3) is 15.9 Å². The van der Waals surface area contributed by atoms with Crippen molar-refractivity contribution in [2.45, 2.75) is 11.3 Å². The predicted molar refractivity (Wildman–Crippen MR) is 123 cm³/mol. The number of H-pyrrole nitrogens is 1. The van der Waals surface area contributed by atoms with E-state index < -0.39 is 10.0 Å². The van der Waals surface area contributed by atoms with Crippen molar-refractivity contribution in [1.82, 2.24) is 10.3 Å². The lowest BCUT2D eigenvalue weighted by Gasteiger charge is -2.19. The van der Waals surface area contributed by atoms with Gasteiger partial charge in [-0.3, -0.25) is 9.10 Å². The van der Waals surface area contributed by atoms with Gasteiger partial charge in [-0.05, 0) is 54.4 Å². The Balaban J connectivity index is 1.40. The second-order valence-corrected chi connectivity index (χ2v) is 9.17. The highest BCUT2D eigenvalue weighted by atomic mass is 32.2. The topological polar surface area (TPSA) is 82.3 Å². The Kier molecular flexibility index (Phi) is 5.77. The van der Waals surface area contributed by atoms with Gasteiger partial charge in [0.1, 0.15) is 0 Å². The fraction of sp³-hybridized carbons (Fsp3) is 0.125. The molecule has 158 valence electrons. The lowest BCUT2D eigenvalue weighted by molar-refractivity contribution is 0.0954. The van der Waals surface area contributed by atoms with Crippen molar-refractivity contribution in [3.05, 3.63) is 96.2 Å². The number of fused-ring (bicyclic) bond motifs is 1. The van der Waals surface area contributed by atoms with Crippen molar-refractivity contribution in [2.24, 2.45) is 0 Å². The van der Waals surface area contributed by atoms with Gasteiger partial charge in [0.05, 0.1) is 10.6 Å². The van der Waals surface area contributed by atoms with Gasteiger partial charge in [-0.1, -0.05) is 36.4 Å². The average molecular weight is 434 g/mol. The van der Waals surface area contributed by atoms with Crippen molar-refractivity contribution in [3.8, 4) is 0 Å². The number of aromatic amines is 1. The van der Waals surface area contributed by atoms with Crippen molar-refractivity contribution < 1.29 is 13.2 Å². The molecule has 0 spiro atoms. The molecule has 6 nitrogen and oxygen atoms in total. The van der Waals surface area contributed by atoms with E-state index in [1.165, 1.54) is 35.6 Å². The second kappa shape index (κ2) is 8.65. The fourth-order valence-electron chi connectivity index (χ4n) is 3.46. The summed E-state index contributed by atoms with van der Waals surface area (Å²) in [7, 11) is -2.19. The van der Waals surface area contributed by atoms with Gasteiger partial charge in [0, 0.05) is 36.3 Å². The van der Waals surface area contributed by atoms with Gasteiger partial charge in [-0.2, -0.15) is 0 Å². The number of amides is 1. The van der Waals surface area contributed by atoms with Crippen molar-refractivity contribution in [1.29, 1.82) is 0 Å². The molecule has 0 aliphatic carbocycles. The van der Waals surface area contributed by atoms with Crippen LogP contribution in [0.25, 0.3) is 10.9 Å². The van der Waals surface area contributed by atoms with E-state index in [1.54, 1.807) is 24.3 Å². The SMILES string of the molecule is CN(c1ccccc1)S(=O)(=O)c1ccc(C(=O)NCCc2c[nH]c3ccccc23)cc1. The summed E-state index contributed by atoms with van der Waals surface area (Å²) in [5.41, 5.74) is 3.20. The number of aromatic nitrogens is 1. The van der Waals surface area contributed by atoms with Crippen LogP contribution in [0, 0.1) is 0 Å². The summed E-state index contributed by atoms with van der Waals surface area (Å²) in [4.78, 5) is 15.8. The van der Waals surface area contributed by atoms with Gasteiger partial charge in [-0.25, -0.2) is 8.42 Å². The summed E-state index contributed by atoms with van der Waals surface area (Å²) >= 11 is 0. The monoisotopic (exact) mass is 433 g/mol. The van der Waals surface area contributed by atoms with Crippen LogP contribution in [0.3, 0.4) is 0 Å². The van der Waals surface area contributed by atoms with Crippen LogP contribution in [0.5, 0.6) is 0 Å². The van der Waals surface area contributed by atoms with E-state index in [-0.39, 0.29) is 10.8 Å². The zero-order valence-electron chi connectivity index (χ0n) is 17.1. The predicted octanol–water partition coefficient (Wildman–Crippen LogP) is 3.97. The number of nitrogens with zero attached hydrogens (tertiary/aromatic N) is 1. The van der Waals surface area contributed by atoms with Gasteiger partial charge >= 0.3 is 0 Å². The zero-order chi connectivity index (χ0) is 21.8. The Morgan fingerprint density at radius 1 is 0.935 bits per heavy atom. The lowest BCUT2D eigenvalue weighted by Crippen LogP contribution is -2.27. The molecule has 0 aliphatic heterocycles. The number of sulfonamides is 1. The van der Waals surface area contributed by atoms with Gasteiger partial charge in [-0.15, -0.1) is 0 Å². The molecular weight excluding hydrogens is 410 g/mol. The van der Waals surface area contributed by atoms with Crippen LogP contribution in [-0.4, -0.2) is 32.9 Å². The van der Waals surface area contributed by atoms with Crippen LogP contribution in [-0.2, 0) is 16.4 Å². The minimum atomic E-state index is -3.70. The van der Waals surface area contributed by atoms with Gasteiger partial charge in [0.2, 0.25) is 0 Å². The molecule has 3 aromatic carbocycles. The number of para-hydroxylation sites is 2. The summed E-state index contributed by atoms with van der Waals surface area (Å²) in [6.07, 6.45) is 2.66. The Bertz CT molecular complexity index is 1300. The van der Waals surface area contributed by atoms with E-state index in [0.29, 0.717) is 24.2 Å². The normalized spacial score (nSPS) is 11.4. The number of anilines is 1. The Morgan fingerprint density at radius 2 is 1.61 bits per heavy atom. The molecular formula is C24H23N3O3S. The number of nitrogens with one attached hydrogen (secondary N) is 2. The molecule has 4 aromatic rings. The number of hydrogen-bond donors (Lipinski definition) is 2. The second-order valence-electron chi connectivity index (χ2n) is 7.20. The summed E-state index contributed by atoms with van der Waals surface area (Å²) in [6.45, 7) is 0.484. The minimum absolute atomic E-state index is 0.134. The molecule has 7 heteroatoms. The molecule has 0 bridgehead atoms. The minimum Gasteiger partial charge on any atom is -0.361 e. The van der Waals surface area contributed by atoms with Crippen molar-refractivity contribution >= 4 is 32.5 Å². The highest BCUT2D eigenvalue weighted by Crippen LogP contribution is 2.22. The van der Waals surface area contributed by atoms with E-state index >= 15 is 0 Å². The first-order chi connectivity index (χ1) is 15.0. The summed E-state index contributed by atoms with van der Waals surface area (Å²) < 4.78 is 26.9. The maximum atomic E-state index is 12.8. The molecule has 0 fully saturated rings. The molecule has 1 aromatic heterocycles. The van der Waals surface area contributed by atoms with Crippen molar-refractivity contribution in [3.63, 3.8) is 0 Å². The molecule has 2 N–H and O–H groups in total. The molecule has 4 rings (SSSR count). The highest BCUT2D eigenvalue weighted by molar-refractivity contribution is 7.92. The average Bonchev–Trinajstić information content (AvgIpc) is 3.22. The largest absolute Gasteiger partial charge is 0.361 e. The lowest BCUT2D eigenvalue weighted by atomic mass is 10.1. The van der Waals surface area contributed by atoms with E-state index in [2.05, 4.69) is 16.4 Å². The first-order valence-corrected chi connectivity index (χ1v) is 11.4. The Hall–Kier alpha value is -3.58. The molecule has 0 aliphatic rings. The quantitative estimate of drug-likeness (QED) is 0.463. The highest BCUT2D eigenvalue weighted by Gasteiger charge is 2.21. The van der Waals surface area contributed by atoms with E-state index in [0.717, 1.165) is 16.5 Å². The maximum Gasteiger partial charge on any atom is 0.264 e. The number of hydrogen-bond acceptors (Lipinski definition) is 3. The van der Waals surface area contributed by atoms with Crippen LogP contribution in [0.15, 0.2) is 90.0 Å². The molecule has 0 atom stereocenters. The number of benzene rings is 3.